The number of nitrogens with one attached hydrogen (secondary N) is 1. The summed E-state index contributed by atoms with van der Waals surface area (Å²) in [4.78, 5) is 13.2. The molecule has 1 aliphatic heterocycles. The number of halogens is 4. The summed E-state index contributed by atoms with van der Waals surface area (Å²) in [7, 11) is 1.88. The highest BCUT2D eigenvalue weighted by Crippen LogP contribution is 2.31. The van der Waals surface area contributed by atoms with Crippen LogP contribution in [0.2, 0.25) is 0 Å². The number of aryl methyl sites for hydroxylation is 1. The Bertz CT molecular complexity index is 966. The first kappa shape index (κ1) is 18.9. The molecule has 150 valence electrons. The first-order chi connectivity index (χ1) is 13.3. The topological polar surface area (TPSA) is 59.0 Å². The second kappa shape index (κ2) is 7.17. The molecule has 3 heterocycles. The van der Waals surface area contributed by atoms with Crippen LogP contribution in [0.1, 0.15) is 17.2 Å². The van der Waals surface area contributed by atoms with E-state index in [1.165, 1.54) is 6.07 Å². The maximum Gasteiger partial charge on any atom is 0.416 e. The van der Waals surface area contributed by atoms with Crippen molar-refractivity contribution in [3.05, 3.63) is 47.8 Å². The molecule has 1 N–H and O–H groups in total. The molecule has 1 aliphatic rings. The number of hydrogen-bond acceptors (Lipinski definition) is 4. The molecule has 1 saturated heterocycles. The number of hydrogen-bond donors (Lipinski definition) is 1. The Labute approximate surface area is 158 Å². The fourth-order valence-corrected chi connectivity index (χ4v) is 3.34. The average molecular weight is 397 g/mol. The maximum atomic E-state index is 14.3. The number of fused-ring (bicyclic) bond motifs is 1. The predicted molar refractivity (Wildman–Crippen MR) is 93.1 cm³/mol. The molecule has 6 nitrogen and oxygen atoms in total. The van der Waals surface area contributed by atoms with E-state index >= 15 is 0 Å². The Hall–Kier alpha value is -2.46. The van der Waals surface area contributed by atoms with Gasteiger partial charge in [0.1, 0.15) is 30.5 Å². The number of likely N-dealkylation sites (tertiary alicyclic amines) is 1. The van der Waals surface area contributed by atoms with Gasteiger partial charge in [0.15, 0.2) is 0 Å². The first-order valence-corrected chi connectivity index (χ1v) is 8.79. The molecular formula is C18H19F4N5O. The Morgan fingerprint density at radius 3 is 2.82 bits per heavy atom. The summed E-state index contributed by atoms with van der Waals surface area (Å²) in [5.74, 6) is 1.20. The van der Waals surface area contributed by atoms with Crippen molar-refractivity contribution < 1.29 is 22.3 Å². The van der Waals surface area contributed by atoms with Gasteiger partial charge in [0.05, 0.1) is 23.1 Å². The summed E-state index contributed by atoms with van der Waals surface area (Å²) in [5.41, 5.74) is -0.0695. The third kappa shape index (κ3) is 3.88. The van der Waals surface area contributed by atoms with Crippen LogP contribution >= 0.6 is 0 Å². The molecule has 2 aromatic heterocycles. The van der Waals surface area contributed by atoms with Crippen molar-refractivity contribution in [2.45, 2.75) is 31.6 Å². The van der Waals surface area contributed by atoms with E-state index in [0.717, 1.165) is 18.0 Å². The lowest BCUT2D eigenvalue weighted by molar-refractivity contribution is -0.137. The van der Waals surface area contributed by atoms with Crippen molar-refractivity contribution in [1.82, 2.24) is 24.4 Å². The van der Waals surface area contributed by atoms with Gasteiger partial charge in [-0.3, -0.25) is 4.90 Å². The molecule has 10 heteroatoms. The van der Waals surface area contributed by atoms with E-state index < -0.39 is 24.0 Å². The first-order valence-electron chi connectivity index (χ1n) is 8.79. The van der Waals surface area contributed by atoms with Gasteiger partial charge in [0.2, 0.25) is 0 Å². The number of alkyl halides is 4. The third-order valence-corrected chi connectivity index (χ3v) is 4.85. The molecule has 0 bridgehead atoms. The van der Waals surface area contributed by atoms with Gasteiger partial charge in [-0.25, -0.2) is 14.4 Å². The van der Waals surface area contributed by atoms with E-state index in [2.05, 4.69) is 15.0 Å². The highest BCUT2D eigenvalue weighted by Gasteiger charge is 2.34. The fourth-order valence-electron chi connectivity index (χ4n) is 3.34. The number of benzene rings is 1. The van der Waals surface area contributed by atoms with Crippen molar-refractivity contribution in [2.24, 2.45) is 7.05 Å². The molecular weight excluding hydrogens is 378 g/mol. The fraction of sp³-hybridized carbons (Fsp3) is 0.444. The van der Waals surface area contributed by atoms with Gasteiger partial charge in [-0.1, -0.05) is 0 Å². The third-order valence-electron chi connectivity index (χ3n) is 4.85. The van der Waals surface area contributed by atoms with Gasteiger partial charge >= 0.3 is 6.18 Å². The zero-order chi connectivity index (χ0) is 19.9. The van der Waals surface area contributed by atoms with Gasteiger partial charge in [-0.05, 0) is 18.2 Å². The van der Waals surface area contributed by atoms with Crippen molar-refractivity contribution in [3.8, 4) is 0 Å². The molecule has 2 atom stereocenters. The van der Waals surface area contributed by atoms with E-state index in [0.29, 0.717) is 24.4 Å². The van der Waals surface area contributed by atoms with Crippen LogP contribution in [-0.4, -0.2) is 49.8 Å². The van der Waals surface area contributed by atoms with Crippen LogP contribution in [0.15, 0.2) is 30.6 Å². The minimum absolute atomic E-state index is 0.00262. The number of aromatic nitrogens is 4. The van der Waals surface area contributed by atoms with Crippen LogP contribution in [0.4, 0.5) is 17.6 Å². The second-order valence-corrected chi connectivity index (χ2v) is 6.93. The van der Waals surface area contributed by atoms with E-state index in [-0.39, 0.29) is 18.7 Å². The number of H-pyrrole nitrogens is 1. The molecule has 1 aromatic carbocycles. The van der Waals surface area contributed by atoms with Crippen LogP contribution in [0.5, 0.6) is 0 Å². The summed E-state index contributed by atoms with van der Waals surface area (Å²) >= 11 is 0. The highest BCUT2D eigenvalue weighted by molar-refractivity contribution is 5.76. The average Bonchev–Trinajstić information content (AvgIpc) is 3.31. The molecule has 0 aliphatic carbocycles. The standard InChI is InChI=1S/C18H19F4N5O/c1-26-5-4-23-17(26)9-27-7-12(19)15(8-27)28-10-16-24-13-3-2-11(18(20,21)22)6-14(13)25-16/h2-6,12,15H,7-10H2,1H3,(H,24,25). The predicted octanol–water partition coefficient (Wildman–Crippen LogP) is 3.05. The normalized spacial score (nSPS) is 21.0. The summed E-state index contributed by atoms with van der Waals surface area (Å²) in [6, 6.07) is 3.30. The molecule has 2 unspecified atom stereocenters. The molecule has 1 fully saturated rings. The summed E-state index contributed by atoms with van der Waals surface area (Å²) in [6.07, 6.45) is -2.67. The number of ether oxygens (including phenoxy) is 1. The van der Waals surface area contributed by atoms with E-state index in [9.17, 15) is 17.6 Å². The molecule has 0 amide bonds. The number of nitrogens with zero attached hydrogens (tertiary/aromatic N) is 4. The SMILES string of the molecule is Cn1ccnc1CN1CC(F)C(OCc2nc3ccc(C(F)(F)F)cc3[nH]2)C1. The molecule has 3 aromatic rings. The zero-order valence-corrected chi connectivity index (χ0v) is 15.1. The quantitative estimate of drug-likeness (QED) is 0.673. The Balaban J connectivity index is 1.38. The Kier molecular flexibility index (Phi) is 4.84. The summed E-state index contributed by atoms with van der Waals surface area (Å²) in [6.45, 7) is 1.17. The smallest absolute Gasteiger partial charge is 0.366 e. The van der Waals surface area contributed by atoms with E-state index in [4.69, 9.17) is 4.74 Å². The number of rotatable bonds is 5. The van der Waals surface area contributed by atoms with E-state index in [1.54, 1.807) is 6.20 Å². The molecule has 0 radical (unpaired) electrons. The van der Waals surface area contributed by atoms with Crippen LogP contribution < -0.4 is 0 Å². The van der Waals surface area contributed by atoms with Crippen LogP contribution in [0.25, 0.3) is 11.0 Å². The van der Waals surface area contributed by atoms with Crippen LogP contribution in [0.3, 0.4) is 0 Å². The number of aromatic amines is 1. The van der Waals surface area contributed by atoms with Crippen molar-refractivity contribution in [3.63, 3.8) is 0 Å². The van der Waals surface area contributed by atoms with Gasteiger partial charge in [-0.15, -0.1) is 0 Å². The lowest BCUT2D eigenvalue weighted by atomic mass is 10.2. The molecule has 0 saturated carbocycles. The summed E-state index contributed by atoms with van der Waals surface area (Å²) in [5, 5.41) is 0. The van der Waals surface area contributed by atoms with E-state index in [1.807, 2.05) is 22.7 Å². The van der Waals surface area contributed by atoms with Crippen LogP contribution in [-0.2, 0) is 31.1 Å². The molecule has 28 heavy (non-hydrogen) atoms. The van der Waals surface area contributed by atoms with Gasteiger partial charge in [0, 0.05) is 32.5 Å². The molecule has 0 spiro atoms. The van der Waals surface area contributed by atoms with Crippen LogP contribution in [0, 0.1) is 0 Å². The van der Waals surface area contributed by atoms with Crippen molar-refractivity contribution in [1.29, 1.82) is 0 Å². The Morgan fingerprint density at radius 1 is 1.29 bits per heavy atom. The minimum atomic E-state index is -4.42. The molecule has 4 rings (SSSR count). The lowest BCUT2D eigenvalue weighted by Crippen LogP contribution is -2.25. The van der Waals surface area contributed by atoms with Gasteiger partial charge < -0.3 is 14.3 Å². The summed E-state index contributed by atoms with van der Waals surface area (Å²) < 4.78 is 60.2. The Morgan fingerprint density at radius 2 is 2.11 bits per heavy atom. The lowest BCUT2D eigenvalue weighted by Gasteiger charge is -2.15. The van der Waals surface area contributed by atoms with Gasteiger partial charge in [0.25, 0.3) is 0 Å². The van der Waals surface area contributed by atoms with Gasteiger partial charge in [-0.2, -0.15) is 13.2 Å². The monoisotopic (exact) mass is 397 g/mol. The maximum absolute atomic E-state index is 14.3. The van der Waals surface area contributed by atoms with Crippen molar-refractivity contribution >= 4 is 11.0 Å². The highest BCUT2D eigenvalue weighted by atomic mass is 19.4. The zero-order valence-electron chi connectivity index (χ0n) is 15.1. The second-order valence-electron chi connectivity index (χ2n) is 6.93. The minimum Gasteiger partial charge on any atom is -0.366 e. The number of imidazole rings is 2. The largest absolute Gasteiger partial charge is 0.416 e. The van der Waals surface area contributed by atoms with Crippen molar-refractivity contribution in [2.75, 3.05) is 13.1 Å².